The summed E-state index contributed by atoms with van der Waals surface area (Å²) in [5.74, 6) is 1.17. The second-order valence-corrected chi connectivity index (χ2v) is 7.14. The van der Waals surface area contributed by atoms with Gasteiger partial charge in [0.1, 0.15) is 5.65 Å². The normalized spacial score (nSPS) is 15.9. The molecule has 0 aliphatic heterocycles. The van der Waals surface area contributed by atoms with Crippen LogP contribution in [0.15, 0.2) is 46.1 Å². The Morgan fingerprint density at radius 2 is 2.00 bits per heavy atom. The molecule has 0 bridgehead atoms. The summed E-state index contributed by atoms with van der Waals surface area (Å²) in [6.45, 7) is 0. The van der Waals surface area contributed by atoms with Crippen molar-refractivity contribution in [2.24, 2.45) is 7.05 Å². The third kappa shape index (κ3) is 2.29. The molecule has 26 heavy (non-hydrogen) atoms. The summed E-state index contributed by atoms with van der Waals surface area (Å²) in [6.07, 6.45) is 9.27. The van der Waals surface area contributed by atoms with Crippen LogP contribution in [0.2, 0.25) is 0 Å². The SMILES string of the molecule is Cn1c(=O)c2ccc(-c3cnco3)cc2n2nc(C3CCCCC3)cc12. The number of fused-ring (bicyclic) bond motifs is 3. The van der Waals surface area contributed by atoms with Crippen molar-refractivity contribution >= 4 is 16.6 Å². The molecule has 0 spiro atoms. The first kappa shape index (κ1) is 15.4. The van der Waals surface area contributed by atoms with Gasteiger partial charge < -0.3 is 4.42 Å². The van der Waals surface area contributed by atoms with Gasteiger partial charge in [-0.05, 0) is 25.0 Å². The molecule has 0 unspecified atom stereocenters. The van der Waals surface area contributed by atoms with Gasteiger partial charge in [0.25, 0.3) is 5.56 Å². The van der Waals surface area contributed by atoms with E-state index in [1.807, 2.05) is 29.8 Å². The number of aryl methyl sites for hydroxylation is 1. The molecule has 1 saturated carbocycles. The van der Waals surface area contributed by atoms with Crippen molar-refractivity contribution in [1.29, 1.82) is 0 Å². The van der Waals surface area contributed by atoms with E-state index in [1.165, 1.54) is 38.5 Å². The highest BCUT2D eigenvalue weighted by atomic mass is 16.3. The summed E-state index contributed by atoms with van der Waals surface area (Å²) < 4.78 is 9.00. The molecule has 1 aliphatic rings. The van der Waals surface area contributed by atoms with Crippen LogP contribution in [0.3, 0.4) is 0 Å². The quantitative estimate of drug-likeness (QED) is 0.551. The van der Waals surface area contributed by atoms with Crippen LogP contribution in [0.1, 0.15) is 43.7 Å². The summed E-state index contributed by atoms with van der Waals surface area (Å²) >= 11 is 0. The first-order valence-electron chi connectivity index (χ1n) is 9.13. The zero-order valence-corrected chi connectivity index (χ0v) is 14.7. The average Bonchev–Trinajstić information content (AvgIpc) is 3.36. The number of hydrogen-bond donors (Lipinski definition) is 0. The van der Waals surface area contributed by atoms with Gasteiger partial charge in [-0.1, -0.05) is 25.3 Å². The summed E-state index contributed by atoms with van der Waals surface area (Å²) in [4.78, 5) is 16.8. The molecule has 6 nitrogen and oxygen atoms in total. The maximum atomic E-state index is 12.8. The Morgan fingerprint density at radius 3 is 2.77 bits per heavy atom. The highest BCUT2D eigenvalue weighted by Crippen LogP contribution is 2.33. The Kier molecular flexibility index (Phi) is 3.45. The molecule has 3 aromatic heterocycles. The van der Waals surface area contributed by atoms with E-state index in [9.17, 15) is 4.79 Å². The topological polar surface area (TPSA) is 65.3 Å². The van der Waals surface area contributed by atoms with Crippen LogP contribution in [-0.4, -0.2) is 19.2 Å². The van der Waals surface area contributed by atoms with Gasteiger partial charge in [0, 0.05) is 24.6 Å². The lowest BCUT2D eigenvalue weighted by molar-refractivity contribution is 0.435. The van der Waals surface area contributed by atoms with Crippen molar-refractivity contribution in [2.45, 2.75) is 38.0 Å². The molecule has 0 atom stereocenters. The Morgan fingerprint density at radius 1 is 1.15 bits per heavy atom. The van der Waals surface area contributed by atoms with Crippen molar-refractivity contribution in [1.82, 2.24) is 19.2 Å². The predicted molar refractivity (Wildman–Crippen MR) is 99.3 cm³/mol. The van der Waals surface area contributed by atoms with Crippen LogP contribution in [0, 0.1) is 0 Å². The molecular weight excluding hydrogens is 328 g/mol. The van der Waals surface area contributed by atoms with Gasteiger partial charge in [-0.25, -0.2) is 9.50 Å². The average molecular weight is 348 g/mol. The zero-order valence-electron chi connectivity index (χ0n) is 14.7. The fraction of sp³-hybridized carbons (Fsp3) is 0.350. The van der Waals surface area contributed by atoms with Crippen LogP contribution in [0.4, 0.5) is 0 Å². The Labute approximate surface area is 150 Å². The van der Waals surface area contributed by atoms with Gasteiger partial charge in [0.15, 0.2) is 12.2 Å². The first-order valence-corrected chi connectivity index (χ1v) is 9.13. The van der Waals surface area contributed by atoms with Gasteiger partial charge in [0.05, 0.1) is 22.8 Å². The van der Waals surface area contributed by atoms with Gasteiger partial charge in [-0.2, -0.15) is 5.10 Å². The summed E-state index contributed by atoms with van der Waals surface area (Å²) in [7, 11) is 1.81. The highest BCUT2D eigenvalue weighted by molar-refractivity contribution is 5.84. The third-order valence-corrected chi connectivity index (χ3v) is 5.55. The Hall–Kier alpha value is -2.89. The fourth-order valence-electron chi connectivity index (χ4n) is 4.09. The smallest absolute Gasteiger partial charge is 0.261 e. The van der Waals surface area contributed by atoms with E-state index in [-0.39, 0.29) is 5.56 Å². The maximum Gasteiger partial charge on any atom is 0.261 e. The Balaban J connectivity index is 1.77. The lowest BCUT2D eigenvalue weighted by Crippen LogP contribution is -2.19. The molecule has 6 heteroatoms. The number of nitrogens with zero attached hydrogens (tertiary/aromatic N) is 4. The molecule has 1 aliphatic carbocycles. The standard InChI is InChI=1S/C20H20N4O2/c1-23-19-10-16(13-5-3-2-4-6-13)22-24(19)17-9-14(18-11-21-12-26-18)7-8-15(17)20(23)25/h7-13H,2-6H2,1H3. The van der Waals surface area contributed by atoms with Crippen LogP contribution in [-0.2, 0) is 7.05 Å². The van der Waals surface area contributed by atoms with Crippen molar-refractivity contribution in [2.75, 3.05) is 0 Å². The van der Waals surface area contributed by atoms with Crippen LogP contribution in [0.25, 0.3) is 27.9 Å². The van der Waals surface area contributed by atoms with Crippen LogP contribution < -0.4 is 5.56 Å². The summed E-state index contributed by atoms with van der Waals surface area (Å²) in [5, 5.41) is 5.55. The second-order valence-electron chi connectivity index (χ2n) is 7.14. The molecule has 5 rings (SSSR count). The van der Waals surface area contributed by atoms with Crippen molar-refractivity contribution in [3.8, 4) is 11.3 Å². The molecule has 0 amide bonds. The molecule has 1 fully saturated rings. The summed E-state index contributed by atoms with van der Waals surface area (Å²) in [5.41, 5.74) is 3.61. The van der Waals surface area contributed by atoms with Crippen LogP contribution in [0.5, 0.6) is 0 Å². The maximum absolute atomic E-state index is 12.8. The van der Waals surface area contributed by atoms with Crippen molar-refractivity contribution in [3.63, 3.8) is 0 Å². The Bertz CT molecular complexity index is 1150. The van der Waals surface area contributed by atoms with Gasteiger partial charge in [-0.3, -0.25) is 9.36 Å². The number of hydrogen-bond acceptors (Lipinski definition) is 4. The monoisotopic (exact) mass is 348 g/mol. The van der Waals surface area contributed by atoms with E-state index in [0.717, 1.165) is 22.4 Å². The molecular formula is C20H20N4O2. The minimum Gasteiger partial charge on any atom is -0.444 e. The van der Waals surface area contributed by atoms with Gasteiger partial charge in [0.2, 0.25) is 0 Å². The second kappa shape index (κ2) is 5.83. The molecule has 0 N–H and O–H groups in total. The number of benzene rings is 1. The highest BCUT2D eigenvalue weighted by Gasteiger charge is 2.20. The lowest BCUT2D eigenvalue weighted by Gasteiger charge is -2.19. The van der Waals surface area contributed by atoms with Crippen LogP contribution >= 0.6 is 0 Å². The fourth-order valence-corrected chi connectivity index (χ4v) is 4.09. The predicted octanol–water partition coefficient (Wildman–Crippen LogP) is 3.89. The molecule has 132 valence electrons. The molecule has 0 radical (unpaired) electrons. The van der Waals surface area contributed by atoms with E-state index in [0.29, 0.717) is 17.1 Å². The van der Waals surface area contributed by atoms with E-state index < -0.39 is 0 Å². The number of rotatable bonds is 2. The zero-order chi connectivity index (χ0) is 17.7. The minimum atomic E-state index is -0.00767. The van der Waals surface area contributed by atoms with Crippen molar-refractivity contribution < 1.29 is 4.42 Å². The number of oxazole rings is 1. The molecule has 3 heterocycles. The van der Waals surface area contributed by atoms with E-state index in [4.69, 9.17) is 9.52 Å². The van der Waals surface area contributed by atoms with Crippen molar-refractivity contribution in [3.05, 3.63) is 52.9 Å². The lowest BCUT2D eigenvalue weighted by atomic mass is 9.87. The van der Waals surface area contributed by atoms with E-state index in [2.05, 4.69) is 11.1 Å². The third-order valence-electron chi connectivity index (χ3n) is 5.55. The number of aromatic nitrogens is 4. The molecule has 1 aromatic carbocycles. The molecule has 0 saturated heterocycles. The summed E-state index contributed by atoms with van der Waals surface area (Å²) in [6, 6.07) is 7.78. The van der Waals surface area contributed by atoms with Gasteiger partial charge >= 0.3 is 0 Å². The largest absolute Gasteiger partial charge is 0.444 e. The van der Waals surface area contributed by atoms with E-state index >= 15 is 0 Å². The minimum absolute atomic E-state index is 0.00767. The van der Waals surface area contributed by atoms with Gasteiger partial charge in [-0.15, -0.1) is 0 Å². The first-order chi connectivity index (χ1) is 12.7. The molecule has 4 aromatic rings. The van der Waals surface area contributed by atoms with E-state index in [1.54, 1.807) is 10.8 Å².